The van der Waals surface area contributed by atoms with Gasteiger partial charge in [0.25, 0.3) is 5.91 Å². The molecule has 1 N–H and O–H groups in total. The van der Waals surface area contributed by atoms with Crippen molar-refractivity contribution in [3.8, 4) is 11.5 Å². The van der Waals surface area contributed by atoms with Crippen LogP contribution < -0.4 is 14.8 Å². The first-order valence-electron chi connectivity index (χ1n) is 10.6. The topological polar surface area (TPSA) is 67.9 Å². The first-order valence-corrected chi connectivity index (χ1v) is 10.6. The Kier molecular flexibility index (Phi) is 8.26. The lowest BCUT2D eigenvalue weighted by molar-refractivity contribution is -0.116. The molecular formula is C26H28N2O4. The fourth-order valence-corrected chi connectivity index (χ4v) is 3.24. The molecule has 0 aliphatic rings. The number of hydrogen-bond donors (Lipinski definition) is 1. The van der Waals surface area contributed by atoms with Crippen molar-refractivity contribution in [3.63, 3.8) is 0 Å². The summed E-state index contributed by atoms with van der Waals surface area (Å²) in [6, 6.07) is 24.0. The molecule has 0 spiro atoms. The second-order valence-electron chi connectivity index (χ2n) is 7.27. The standard InChI is InChI=1S/C26H28N2O4/c1-3-17-28(18-25(29)27-23-11-7-8-12-24(23)31-2)26(30)21-15-13-20(14-16-21)19-32-22-9-5-4-6-10-22/h4-16H,3,17-19H2,1-2H3,(H,27,29). The van der Waals surface area contributed by atoms with E-state index in [0.29, 0.717) is 30.2 Å². The zero-order valence-electron chi connectivity index (χ0n) is 18.4. The molecule has 0 saturated heterocycles. The number of benzene rings is 3. The minimum Gasteiger partial charge on any atom is -0.495 e. The molecule has 0 unspecified atom stereocenters. The number of carbonyl (C=O) groups excluding carboxylic acids is 2. The predicted molar refractivity (Wildman–Crippen MR) is 125 cm³/mol. The lowest BCUT2D eigenvalue weighted by Gasteiger charge is -2.22. The minimum atomic E-state index is -0.274. The van der Waals surface area contributed by atoms with Gasteiger partial charge in [-0.15, -0.1) is 0 Å². The normalized spacial score (nSPS) is 10.3. The minimum absolute atomic E-state index is 0.0381. The Morgan fingerprint density at radius 1 is 0.906 bits per heavy atom. The highest BCUT2D eigenvalue weighted by Crippen LogP contribution is 2.23. The summed E-state index contributed by atoms with van der Waals surface area (Å²) < 4.78 is 11.0. The van der Waals surface area contributed by atoms with Crippen molar-refractivity contribution in [2.24, 2.45) is 0 Å². The quantitative estimate of drug-likeness (QED) is 0.501. The van der Waals surface area contributed by atoms with Gasteiger partial charge in [0.15, 0.2) is 0 Å². The van der Waals surface area contributed by atoms with Gasteiger partial charge in [0.1, 0.15) is 24.7 Å². The Hall–Kier alpha value is -3.80. The third kappa shape index (κ3) is 6.35. The average Bonchev–Trinajstić information content (AvgIpc) is 2.83. The predicted octanol–water partition coefficient (Wildman–Crippen LogP) is 4.77. The molecule has 32 heavy (non-hydrogen) atoms. The number of para-hydroxylation sites is 3. The van der Waals surface area contributed by atoms with Crippen LogP contribution in [0.3, 0.4) is 0 Å². The molecule has 6 heteroatoms. The fraction of sp³-hybridized carbons (Fsp3) is 0.231. The summed E-state index contributed by atoms with van der Waals surface area (Å²) in [5.74, 6) is 0.909. The zero-order chi connectivity index (χ0) is 22.8. The van der Waals surface area contributed by atoms with Crippen LogP contribution >= 0.6 is 0 Å². The van der Waals surface area contributed by atoms with E-state index >= 15 is 0 Å². The largest absolute Gasteiger partial charge is 0.495 e. The van der Waals surface area contributed by atoms with Crippen molar-refractivity contribution in [2.75, 3.05) is 25.5 Å². The number of methoxy groups -OCH3 is 1. The molecule has 0 bridgehead atoms. The molecule has 0 aliphatic heterocycles. The molecule has 3 aromatic rings. The van der Waals surface area contributed by atoms with Gasteiger partial charge in [-0.3, -0.25) is 9.59 Å². The van der Waals surface area contributed by atoms with Crippen molar-refractivity contribution >= 4 is 17.5 Å². The smallest absolute Gasteiger partial charge is 0.254 e. The zero-order valence-corrected chi connectivity index (χ0v) is 18.4. The van der Waals surface area contributed by atoms with Crippen molar-refractivity contribution in [3.05, 3.63) is 90.0 Å². The summed E-state index contributed by atoms with van der Waals surface area (Å²) in [5.41, 5.74) is 2.07. The number of carbonyl (C=O) groups is 2. The van der Waals surface area contributed by atoms with E-state index in [2.05, 4.69) is 5.32 Å². The van der Waals surface area contributed by atoms with Crippen LogP contribution in [-0.4, -0.2) is 36.9 Å². The maximum absolute atomic E-state index is 13.0. The molecule has 0 aromatic heterocycles. The van der Waals surface area contributed by atoms with Crippen LogP contribution in [0.4, 0.5) is 5.69 Å². The van der Waals surface area contributed by atoms with E-state index < -0.39 is 0 Å². The number of hydrogen-bond acceptors (Lipinski definition) is 4. The molecule has 0 saturated carbocycles. The van der Waals surface area contributed by atoms with E-state index in [-0.39, 0.29) is 18.4 Å². The van der Waals surface area contributed by atoms with E-state index in [4.69, 9.17) is 9.47 Å². The highest BCUT2D eigenvalue weighted by Gasteiger charge is 2.19. The highest BCUT2D eigenvalue weighted by molar-refractivity contribution is 5.99. The van der Waals surface area contributed by atoms with Crippen LogP contribution in [-0.2, 0) is 11.4 Å². The summed E-state index contributed by atoms with van der Waals surface area (Å²) in [7, 11) is 1.55. The molecular weight excluding hydrogens is 404 g/mol. The Labute approximate surface area is 188 Å². The highest BCUT2D eigenvalue weighted by atomic mass is 16.5. The van der Waals surface area contributed by atoms with Gasteiger partial charge in [-0.2, -0.15) is 0 Å². The number of nitrogens with zero attached hydrogens (tertiary/aromatic N) is 1. The van der Waals surface area contributed by atoms with Crippen LogP contribution in [0.1, 0.15) is 29.3 Å². The molecule has 2 amide bonds. The van der Waals surface area contributed by atoms with Crippen molar-refractivity contribution < 1.29 is 19.1 Å². The van der Waals surface area contributed by atoms with Crippen molar-refractivity contribution in [2.45, 2.75) is 20.0 Å². The number of amides is 2. The Balaban J connectivity index is 1.61. The maximum Gasteiger partial charge on any atom is 0.254 e. The van der Waals surface area contributed by atoms with Crippen molar-refractivity contribution in [1.82, 2.24) is 4.90 Å². The molecule has 6 nitrogen and oxygen atoms in total. The van der Waals surface area contributed by atoms with E-state index in [0.717, 1.165) is 17.7 Å². The second-order valence-corrected chi connectivity index (χ2v) is 7.27. The number of ether oxygens (including phenoxy) is 2. The van der Waals surface area contributed by atoms with Gasteiger partial charge in [0, 0.05) is 12.1 Å². The van der Waals surface area contributed by atoms with Crippen LogP contribution in [0, 0.1) is 0 Å². The van der Waals surface area contributed by atoms with E-state index in [1.807, 2.05) is 61.5 Å². The Morgan fingerprint density at radius 3 is 2.28 bits per heavy atom. The Bertz CT molecular complexity index is 1020. The van der Waals surface area contributed by atoms with Crippen LogP contribution in [0.25, 0.3) is 0 Å². The fourth-order valence-electron chi connectivity index (χ4n) is 3.24. The molecule has 0 radical (unpaired) electrons. The van der Waals surface area contributed by atoms with Crippen LogP contribution in [0.5, 0.6) is 11.5 Å². The summed E-state index contributed by atoms with van der Waals surface area (Å²) >= 11 is 0. The van der Waals surface area contributed by atoms with Gasteiger partial charge >= 0.3 is 0 Å². The van der Waals surface area contributed by atoms with Gasteiger partial charge in [-0.1, -0.05) is 49.4 Å². The van der Waals surface area contributed by atoms with E-state index in [1.54, 1.807) is 36.3 Å². The average molecular weight is 433 g/mol. The van der Waals surface area contributed by atoms with Gasteiger partial charge in [-0.05, 0) is 48.4 Å². The van der Waals surface area contributed by atoms with Crippen molar-refractivity contribution in [1.29, 1.82) is 0 Å². The Morgan fingerprint density at radius 2 is 1.59 bits per heavy atom. The first kappa shape index (κ1) is 22.9. The lowest BCUT2D eigenvalue weighted by atomic mass is 10.1. The van der Waals surface area contributed by atoms with Crippen LogP contribution in [0.15, 0.2) is 78.9 Å². The lowest BCUT2D eigenvalue weighted by Crippen LogP contribution is -2.38. The third-order valence-electron chi connectivity index (χ3n) is 4.85. The molecule has 166 valence electrons. The number of rotatable bonds is 10. The maximum atomic E-state index is 13.0. The summed E-state index contributed by atoms with van der Waals surface area (Å²) in [6.07, 6.45) is 0.747. The number of nitrogens with one attached hydrogen (secondary N) is 1. The molecule has 0 aliphatic carbocycles. The van der Waals surface area contributed by atoms with Crippen LogP contribution in [0.2, 0.25) is 0 Å². The molecule has 3 aromatic carbocycles. The van der Waals surface area contributed by atoms with E-state index in [1.165, 1.54) is 0 Å². The molecule has 0 heterocycles. The van der Waals surface area contributed by atoms with Gasteiger partial charge < -0.3 is 19.7 Å². The number of anilines is 1. The SMILES string of the molecule is CCCN(CC(=O)Nc1ccccc1OC)C(=O)c1ccc(COc2ccccc2)cc1. The summed E-state index contributed by atoms with van der Waals surface area (Å²) in [4.78, 5) is 27.2. The molecule has 3 rings (SSSR count). The van der Waals surface area contributed by atoms with Gasteiger partial charge in [0.05, 0.1) is 12.8 Å². The molecule has 0 atom stereocenters. The third-order valence-corrected chi connectivity index (χ3v) is 4.85. The van der Waals surface area contributed by atoms with Gasteiger partial charge in [-0.25, -0.2) is 0 Å². The monoisotopic (exact) mass is 432 g/mol. The molecule has 0 fully saturated rings. The second kappa shape index (κ2) is 11.6. The first-order chi connectivity index (χ1) is 15.6. The summed E-state index contributed by atoms with van der Waals surface area (Å²) in [6.45, 7) is 2.83. The van der Waals surface area contributed by atoms with E-state index in [9.17, 15) is 9.59 Å². The summed E-state index contributed by atoms with van der Waals surface area (Å²) in [5, 5.41) is 2.82. The van der Waals surface area contributed by atoms with Gasteiger partial charge in [0.2, 0.25) is 5.91 Å².